The first-order valence-corrected chi connectivity index (χ1v) is 11.1. The average molecular weight is 435 g/mol. The molecule has 9 heteroatoms. The van der Waals surface area contributed by atoms with Gasteiger partial charge in [0.05, 0.1) is 24.8 Å². The van der Waals surface area contributed by atoms with E-state index < -0.39 is 22.0 Å². The monoisotopic (exact) mass is 434 g/mol. The summed E-state index contributed by atoms with van der Waals surface area (Å²) >= 11 is 0. The summed E-state index contributed by atoms with van der Waals surface area (Å²) in [5.41, 5.74) is 0.267. The number of benzene rings is 2. The van der Waals surface area contributed by atoms with Crippen LogP contribution < -0.4 is 19.5 Å². The predicted octanol–water partition coefficient (Wildman–Crippen LogP) is 2.89. The zero-order valence-electron chi connectivity index (χ0n) is 17.3. The second kappa shape index (κ2) is 9.36. The number of carbonyl (C=O) groups excluding carboxylic acids is 1. The van der Waals surface area contributed by atoms with E-state index in [-0.39, 0.29) is 10.6 Å². The molecule has 1 heterocycles. The van der Waals surface area contributed by atoms with Gasteiger partial charge in [-0.2, -0.15) is 4.31 Å². The van der Waals surface area contributed by atoms with Gasteiger partial charge in [-0.15, -0.1) is 0 Å². The number of nitrogens with one attached hydrogen (secondary N) is 1. The zero-order valence-corrected chi connectivity index (χ0v) is 18.1. The first kappa shape index (κ1) is 21.9. The lowest BCUT2D eigenvalue weighted by Crippen LogP contribution is -2.31. The Morgan fingerprint density at radius 3 is 2.40 bits per heavy atom. The molecule has 1 saturated heterocycles. The number of amides is 1. The lowest BCUT2D eigenvalue weighted by atomic mass is 10.2. The van der Waals surface area contributed by atoms with Gasteiger partial charge in [-0.25, -0.2) is 8.42 Å². The predicted molar refractivity (Wildman–Crippen MR) is 113 cm³/mol. The van der Waals surface area contributed by atoms with Crippen LogP contribution in [-0.2, 0) is 14.8 Å². The number of carbonyl (C=O) groups is 1. The Balaban J connectivity index is 1.77. The molecule has 2 aromatic rings. The molecule has 0 bridgehead atoms. The van der Waals surface area contributed by atoms with Gasteiger partial charge in [0.1, 0.15) is 17.2 Å². The zero-order chi connectivity index (χ0) is 21.7. The fraction of sp³-hybridized carbons (Fsp3) is 0.381. The fourth-order valence-corrected chi connectivity index (χ4v) is 4.73. The molecule has 2 aromatic carbocycles. The van der Waals surface area contributed by atoms with Crippen molar-refractivity contribution in [1.29, 1.82) is 0 Å². The highest BCUT2D eigenvalue weighted by atomic mass is 32.2. The number of sulfonamides is 1. The van der Waals surface area contributed by atoms with Crippen LogP contribution in [0.5, 0.6) is 17.2 Å². The minimum absolute atomic E-state index is 0.113. The third-order valence-corrected chi connectivity index (χ3v) is 6.75. The Labute approximate surface area is 176 Å². The summed E-state index contributed by atoms with van der Waals surface area (Å²) in [6.07, 6.45) is 0.858. The minimum Gasteiger partial charge on any atom is -0.497 e. The van der Waals surface area contributed by atoms with E-state index in [9.17, 15) is 13.2 Å². The number of ether oxygens (including phenoxy) is 3. The van der Waals surface area contributed by atoms with E-state index in [2.05, 4.69) is 5.32 Å². The molecule has 1 fully saturated rings. The van der Waals surface area contributed by atoms with Crippen molar-refractivity contribution in [3.8, 4) is 17.2 Å². The van der Waals surface area contributed by atoms with Crippen molar-refractivity contribution in [1.82, 2.24) is 4.31 Å². The molecular weight excluding hydrogens is 408 g/mol. The molecule has 30 heavy (non-hydrogen) atoms. The first-order chi connectivity index (χ1) is 14.3. The standard InChI is InChI=1S/C21H26N2O6S/c1-15(29-17-8-6-7-16(13-17)27-2)21(24)22-19-14-18(9-10-20(19)28-3)30(25,26)23-11-4-5-12-23/h6-10,13-15H,4-5,11-12H2,1-3H3,(H,22,24). The van der Waals surface area contributed by atoms with Gasteiger partial charge in [0, 0.05) is 19.2 Å². The van der Waals surface area contributed by atoms with Crippen molar-refractivity contribution >= 4 is 21.6 Å². The Morgan fingerprint density at radius 2 is 1.73 bits per heavy atom. The van der Waals surface area contributed by atoms with E-state index >= 15 is 0 Å². The summed E-state index contributed by atoms with van der Waals surface area (Å²) in [7, 11) is -0.617. The second-order valence-corrected chi connectivity index (χ2v) is 8.84. The van der Waals surface area contributed by atoms with Crippen molar-refractivity contribution < 1.29 is 27.4 Å². The Morgan fingerprint density at radius 1 is 1.03 bits per heavy atom. The number of hydrogen-bond donors (Lipinski definition) is 1. The molecule has 8 nitrogen and oxygen atoms in total. The normalized spacial score (nSPS) is 15.4. The highest BCUT2D eigenvalue weighted by Crippen LogP contribution is 2.30. The van der Waals surface area contributed by atoms with Crippen LogP contribution in [0.2, 0.25) is 0 Å². The molecular formula is C21H26N2O6S. The van der Waals surface area contributed by atoms with E-state index in [1.165, 1.54) is 29.6 Å². The van der Waals surface area contributed by atoms with Gasteiger partial charge in [-0.1, -0.05) is 6.07 Å². The average Bonchev–Trinajstić information content (AvgIpc) is 3.29. The van der Waals surface area contributed by atoms with Crippen molar-refractivity contribution in [2.24, 2.45) is 0 Å². The number of anilines is 1. The van der Waals surface area contributed by atoms with Gasteiger partial charge in [0.2, 0.25) is 10.0 Å². The second-order valence-electron chi connectivity index (χ2n) is 6.90. The van der Waals surface area contributed by atoms with Crippen molar-refractivity contribution in [2.45, 2.75) is 30.8 Å². The molecule has 1 aliphatic rings. The molecule has 0 spiro atoms. The van der Waals surface area contributed by atoms with E-state index in [1.54, 1.807) is 38.3 Å². The molecule has 3 rings (SSSR count). The number of rotatable bonds is 8. The summed E-state index contributed by atoms with van der Waals surface area (Å²) in [4.78, 5) is 12.8. The third kappa shape index (κ3) is 4.85. The third-order valence-electron chi connectivity index (χ3n) is 4.85. The Hall–Kier alpha value is -2.78. The van der Waals surface area contributed by atoms with E-state index in [0.717, 1.165) is 12.8 Å². The van der Waals surface area contributed by atoms with Gasteiger partial charge in [-0.05, 0) is 50.1 Å². The fourth-order valence-electron chi connectivity index (χ4n) is 3.19. The van der Waals surface area contributed by atoms with E-state index in [4.69, 9.17) is 14.2 Å². The molecule has 0 saturated carbocycles. The molecule has 0 aromatic heterocycles. The molecule has 1 unspecified atom stereocenters. The summed E-state index contributed by atoms with van der Waals surface area (Å²) < 4.78 is 43.3. The number of methoxy groups -OCH3 is 2. The Bertz CT molecular complexity index is 1000. The van der Waals surface area contributed by atoms with Gasteiger partial charge < -0.3 is 19.5 Å². The van der Waals surface area contributed by atoms with Crippen LogP contribution in [0.25, 0.3) is 0 Å². The smallest absolute Gasteiger partial charge is 0.265 e. The van der Waals surface area contributed by atoms with E-state index in [1.807, 2.05) is 0 Å². The van der Waals surface area contributed by atoms with Crippen LogP contribution in [0.3, 0.4) is 0 Å². The lowest BCUT2D eigenvalue weighted by Gasteiger charge is -2.19. The van der Waals surface area contributed by atoms with Gasteiger partial charge in [0.25, 0.3) is 5.91 Å². The van der Waals surface area contributed by atoms with Crippen LogP contribution in [-0.4, -0.2) is 52.0 Å². The van der Waals surface area contributed by atoms with Crippen LogP contribution in [0.1, 0.15) is 19.8 Å². The highest BCUT2D eigenvalue weighted by molar-refractivity contribution is 7.89. The molecule has 0 aliphatic carbocycles. The number of hydrogen-bond acceptors (Lipinski definition) is 6. The van der Waals surface area contributed by atoms with Gasteiger partial charge in [-0.3, -0.25) is 4.79 Å². The van der Waals surface area contributed by atoms with Crippen molar-refractivity contribution in [3.63, 3.8) is 0 Å². The Kier molecular flexibility index (Phi) is 6.84. The van der Waals surface area contributed by atoms with Crippen LogP contribution in [0, 0.1) is 0 Å². The maximum atomic E-state index is 12.8. The summed E-state index contributed by atoms with van der Waals surface area (Å²) in [6.45, 7) is 2.61. The minimum atomic E-state index is -3.62. The molecule has 1 N–H and O–H groups in total. The molecule has 1 aliphatic heterocycles. The van der Waals surface area contributed by atoms with Crippen molar-refractivity contribution in [2.75, 3.05) is 32.6 Å². The van der Waals surface area contributed by atoms with Gasteiger partial charge >= 0.3 is 0 Å². The SMILES string of the molecule is COc1cccc(OC(C)C(=O)Nc2cc(S(=O)(=O)N3CCCC3)ccc2OC)c1. The molecule has 0 radical (unpaired) electrons. The largest absolute Gasteiger partial charge is 0.497 e. The summed E-state index contributed by atoms with van der Waals surface area (Å²) in [6, 6.07) is 11.4. The summed E-state index contributed by atoms with van der Waals surface area (Å²) in [5.74, 6) is 1.01. The molecule has 1 amide bonds. The molecule has 162 valence electrons. The quantitative estimate of drug-likeness (QED) is 0.687. The number of nitrogens with zero attached hydrogens (tertiary/aromatic N) is 1. The van der Waals surface area contributed by atoms with Crippen LogP contribution >= 0.6 is 0 Å². The lowest BCUT2D eigenvalue weighted by molar-refractivity contribution is -0.122. The molecule has 1 atom stereocenters. The highest BCUT2D eigenvalue weighted by Gasteiger charge is 2.28. The maximum Gasteiger partial charge on any atom is 0.265 e. The topological polar surface area (TPSA) is 94.2 Å². The van der Waals surface area contributed by atoms with Crippen molar-refractivity contribution in [3.05, 3.63) is 42.5 Å². The summed E-state index contributed by atoms with van der Waals surface area (Å²) in [5, 5.41) is 2.71. The maximum absolute atomic E-state index is 12.8. The van der Waals surface area contributed by atoms with Crippen LogP contribution in [0.4, 0.5) is 5.69 Å². The van der Waals surface area contributed by atoms with Crippen LogP contribution in [0.15, 0.2) is 47.4 Å². The van der Waals surface area contributed by atoms with E-state index in [0.29, 0.717) is 30.3 Å². The first-order valence-electron chi connectivity index (χ1n) is 9.65. The van der Waals surface area contributed by atoms with Gasteiger partial charge in [0.15, 0.2) is 6.10 Å².